The van der Waals surface area contributed by atoms with Crippen molar-refractivity contribution < 1.29 is 9.18 Å². The maximum Gasteiger partial charge on any atom is 0.211 e. The summed E-state index contributed by atoms with van der Waals surface area (Å²) in [5.74, 6) is -0.370. The van der Waals surface area contributed by atoms with E-state index in [9.17, 15) is 9.18 Å². The van der Waals surface area contributed by atoms with Crippen LogP contribution in [0.1, 0.15) is 27.0 Å². The number of fused-ring (bicyclic) bond motifs is 1. The number of benzene rings is 2. The highest BCUT2D eigenvalue weighted by Gasteiger charge is 2.21. The summed E-state index contributed by atoms with van der Waals surface area (Å²) in [6.45, 7) is 2.51. The summed E-state index contributed by atoms with van der Waals surface area (Å²) in [5, 5.41) is 0. The molecule has 1 aliphatic heterocycles. The van der Waals surface area contributed by atoms with Crippen LogP contribution < -0.4 is 0 Å². The molecule has 0 unspecified atom stereocenters. The van der Waals surface area contributed by atoms with E-state index in [0.29, 0.717) is 24.2 Å². The fourth-order valence-corrected chi connectivity index (χ4v) is 2.41. The number of nitrogens with zero attached hydrogens (tertiary/aromatic N) is 1. The van der Waals surface area contributed by atoms with E-state index in [-0.39, 0.29) is 11.6 Å². The first-order chi connectivity index (χ1) is 9.65. The largest absolute Gasteiger partial charge is 0.287 e. The molecule has 0 saturated heterocycles. The van der Waals surface area contributed by atoms with Crippen molar-refractivity contribution in [1.29, 1.82) is 0 Å². The SMILES string of the molecule is Cc1ccc(C(=O)C2=NCCc3cc(F)ccc32)cc1. The molecule has 0 aromatic heterocycles. The predicted molar refractivity (Wildman–Crippen MR) is 77.0 cm³/mol. The average molecular weight is 267 g/mol. The summed E-state index contributed by atoms with van der Waals surface area (Å²) in [5.41, 5.74) is 3.77. The van der Waals surface area contributed by atoms with Gasteiger partial charge in [-0.15, -0.1) is 0 Å². The predicted octanol–water partition coefficient (Wildman–Crippen LogP) is 3.36. The maximum absolute atomic E-state index is 13.3. The van der Waals surface area contributed by atoms with E-state index < -0.39 is 0 Å². The number of rotatable bonds is 2. The van der Waals surface area contributed by atoms with Crippen molar-refractivity contribution in [3.63, 3.8) is 0 Å². The molecule has 0 N–H and O–H groups in total. The van der Waals surface area contributed by atoms with Gasteiger partial charge in [0.15, 0.2) is 0 Å². The fraction of sp³-hybridized carbons (Fsp3) is 0.176. The zero-order valence-electron chi connectivity index (χ0n) is 11.2. The van der Waals surface area contributed by atoms with E-state index >= 15 is 0 Å². The van der Waals surface area contributed by atoms with Crippen molar-refractivity contribution in [2.45, 2.75) is 13.3 Å². The van der Waals surface area contributed by atoms with Crippen LogP contribution >= 0.6 is 0 Å². The van der Waals surface area contributed by atoms with Crippen LogP contribution in [-0.2, 0) is 6.42 Å². The van der Waals surface area contributed by atoms with Gasteiger partial charge < -0.3 is 0 Å². The number of carbonyl (C=O) groups is 1. The smallest absolute Gasteiger partial charge is 0.211 e. The first-order valence-corrected chi connectivity index (χ1v) is 6.60. The summed E-state index contributed by atoms with van der Waals surface area (Å²) in [6.07, 6.45) is 0.678. The highest BCUT2D eigenvalue weighted by Crippen LogP contribution is 2.20. The van der Waals surface area contributed by atoms with Crippen LogP contribution in [0.25, 0.3) is 0 Å². The number of hydrogen-bond donors (Lipinski definition) is 0. The second kappa shape index (κ2) is 5.00. The third-order valence-electron chi connectivity index (χ3n) is 3.50. The van der Waals surface area contributed by atoms with Gasteiger partial charge in [-0.25, -0.2) is 4.39 Å². The van der Waals surface area contributed by atoms with Crippen LogP contribution in [0.4, 0.5) is 4.39 Å². The Bertz CT molecular complexity index is 701. The van der Waals surface area contributed by atoms with Gasteiger partial charge in [0.25, 0.3) is 0 Å². The molecule has 3 rings (SSSR count). The molecule has 20 heavy (non-hydrogen) atoms. The zero-order valence-corrected chi connectivity index (χ0v) is 11.2. The van der Waals surface area contributed by atoms with Crippen LogP contribution in [0.3, 0.4) is 0 Å². The molecule has 0 atom stereocenters. The van der Waals surface area contributed by atoms with Gasteiger partial charge in [-0.1, -0.05) is 29.8 Å². The van der Waals surface area contributed by atoms with Gasteiger partial charge >= 0.3 is 0 Å². The van der Waals surface area contributed by atoms with E-state index in [1.54, 1.807) is 18.2 Å². The number of carbonyl (C=O) groups excluding carboxylic acids is 1. The lowest BCUT2D eigenvalue weighted by Crippen LogP contribution is -2.22. The number of aryl methyl sites for hydroxylation is 1. The van der Waals surface area contributed by atoms with Crippen molar-refractivity contribution in [2.75, 3.05) is 6.54 Å². The molecule has 0 fully saturated rings. The van der Waals surface area contributed by atoms with Gasteiger partial charge in [0.1, 0.15) is 11.5 Å². The summed E-state index contributed by atoms with van der Waals surface area (Å²) in [4.78, 5) is 16.9. The molecule has 0 amide bonds. The molecule has 2 aromatic carbocycles. The normalized spacial score (nSPS) is 13.6. The van der Waals surface area contributed by atoms with Gasteiger partial charge in [-0.05, 0) is 37.1 Å². The minimum absolute atomic E-state index is 0.0995. The van der Waals surface area contributed by atoms with Gasteiger partial charge in [0.05, 0.1) is 0 Å². The first kappa shape index (κ1) is 12.7. The van der Waals surface area contributed by atoms with Crippen LogP contribution in [0.2, 0.25) is 0 Å². The summed E-state index contributed by atoms with van der Waals surface area (Å²) < 4.78 is 13.3. The quantitative estimate of drug-likeness (QED) is 0.767. The van der Waals surface area contributed by atoms with Crippen molar-refractivity contribution in [3.05, 3.63) is 70.5 Å². The van der Waals surface area contributed by atoms with Gasteiger partial charge in [0.2, 0.25) is 5.78 Å². The Kier molecular flexibility index (Phi) is 3.18. The molecule has 3 heteroatoms. The Morgan fingerprint density at radius 3 is 2.65 bits per heavy atom. The number of aliphatic imine (C=N–C) groups is 1. The van der Waals surface area contributed by atoms with Crippen LogP contribution in [-0.4, -0.2) is 18.0 Å². The zero-order chi connectivity index (χ0) is 14.1. The van der Waals surface area contributed by atoms with E-state index in [2.05, 4.69) is 4.99 Å². The van der Waals surface area contributed by atoms with Crippen molar-refractivity contribution in [3.8, 4) is 0 Å². The van der Waals surface area contributed by atoms with E-state index in [1.807, 2.05) is 19.1 Å². The lowest BCUT2D eigenvalue weighted by Gasteiger charge is -2.16. The summed E-state index contributed by atoms with van der Waals surface area (Å²) in [7, 11) is 0. The molecule has 0 saturated carbocycles. The van der Waals surface area contributed by atoms with E-state index in [1.165, 1.54) is 12.1 Å². The number of halogens is 1. The average Bonchev–Trinajstić information content (AvgIpc) is 2.46. The summed E-state index contributed by atoms with van der Waals surface area (Å²) in [6, 6.07) is 11.9. The van der Waals surface area contributed by atoms with E-state index in [4.69, 9.17) is 0 Å². The molecule has 0 spiro atoms. The van der Waals surface area contributed by atoms with Crippen LogP contribution in [0.5, 0.6) is 0 Å². The first-order valence-electron chi connectivity index (χ1n) is 6.60. The van der Waals surface area contributed by atoms with Gasteiger partial charge in [0, 0.05) is 17.7 Å². The standard InChI is InChI=1S/C17H14FNO/c1-11-2-4-12(5-3-11)17(20)16-15-7-6-14(18)10-13(15)8-9-19-16/h2-7,10H,8-9H2,1H3. The molecule has 2 nitrogen and oxygen atoms in total. The topological polar surface area (TPSA) is 29.4 Å². The highest BCUT2D eigenvalue weighted by atomic mass is 19.1. The minimum Gasteiger partial charge on any atom is -0.287 e. The van der Waals surface area contributed by atoms with E-state index in [0.717, 1.165) is 16.7 Å². The number of hydrogen-bond acceptors (Lipinski definition) is 2. The molecule has 2 aromatic rings. The fourth-order valence-electron chi connectivity index (χ4n) is 2.41. The molecule has 0 aliphatic carbocycles. The Labute approximate surface area is 117 Å². The van der Waals surface area contributed by atoms with Crippen LogP contribution in [0.15, 0.2) is 47.5 Å². The molecule has 0 bridgehead atoms. The Morgan fingerprint density at radius 1 is 1.15 bits per heavy atom. The summed E-state index contributed by atoms with van der Waals surface area (Å²) >= 11 is 0. The molecule has 1 heterocycles. The molecular formula is C17H14FNO. The Hall–Kier alpha value is -2.29. The lowest BCUT2D eigenvalue weighted by molar-refractivity contribution is 0.106. The van der Waals surface area contributed by atoms with Gasteiger partial charge in [-0.3, -0.25) is 9.79 Å². The second-order valence-electron chi connectivity index (χ2n) is 4.98. The Morgan fingerprint density at radius 2 is 1.90 bits per heavy atom. The molecule has 100 valence electrons. The monoisotopic (exact) mass is 267 g/mol. The highest BCUT2D eigenvalue weighted by molar-refractivity contribution is 6.51. The Balaban J connectivity index is 2.01. The molecular weight excluding hydrogens is 253 g/mol. The third kappa shape index (κ3) is 2.27. The number of ketones is 1. The lowest BCUT2D eigenvalue weighted by atomic mass is 9.92. The minimum atomic E-state index is -0.271. The van der Waals surface area contributed by atoms with Gasteiger partial charge in [-0.2, -0.15) is 0 Å². The maximum atomic E-state index is 13.3. The van der Waals surface area contributed by atoms with Crippen molar-refractivity contribution in [1.82, 2.24) is 0 Å². The van der Waals surface area contributed by atoms with Crippen LogP contribution in [0, 0.1) is 12.7 Å². The van der Waals surface area contributed by atoms with Crippen molar-refractivity contribution >= 4 is 11.5 Å². The van der Waals surface area contributed by atoms with Crippen molar-refractivity contribution in [2.24, 2.45) is 4.99 Å². The molecule has 1 aliphatic rings. The number of Topliss-reactive ketones (excluding diaryl/α,β-unsaturated/α-hetero) is 1. The third-order valence-corrected chi connectivity index (χ3v) is 3.50. The molecule has 0 radical (unpaired) electrons. The second-order valence-corrected chi connectivity index (χ2v) is 4.98.